The molecule has 18 heavy (non-hydrogen) atoms. The first-order chi connectivity index (χ1) is 8.28. The van der Waals surface area contributed by atoms with Crippen LogP contribution in [0.15, 0.2) is 24.4 Å². The van der Waals surface area contributed by atoms with Gasteiger partial charge in [0.2, 0.25) is 0 Å². The van der Waals surface area contributed by atoms with Crippen LogP contribution in [0, 0.1) is 11.3 Å². The molecule has 1 heterocycles. The third-order valence-electron chi connectivity index (χ3n) is 4.26. The van der Waals surface area contributed by atoms with E-state index in [1.165, 1.54) is 0 Å². The number of allylic oxidation sites excluding steroid dienone is 1. The van der Waals surface area contributed by atoms with Crippen LogP contribution in [0.4, 0.5) is 0 Å². The second-order valence-electron chi connectivity index (χ2n) is 6.72. The average Bonchev–Trinajstić information content (AvgIpc) is 2.37. The first kappa shape index (κ1) is 13.4. The highest BCUT2D eigenvalue weighted by molar-refractivity contribution is 5.97. The van der Waals surface area contributed by atoms with Gasteiger partial charge >= 0.3 is 0 Å². The standard InChI is InChI=1S/C16H25NO/c1-10(2)7-16-8-12(5)14(15(16)18)17(11(3)4)13(6)9-16/h10-11,14H,5-9H2,1-4H3. The average molecular weight is 247 g/mol. The van der Waals surface area contributed by atoms with Crippen molar-refractivity contribution in [3.63, 3.8) is 0 Å². The van der Waals surface area contributed by atoms with Crippen molar-refractivity contribution < 1.29 is 4.79 Å². The predicted molar refractivity (Wildman–Crippen MR) is 75.2 cm³/mol. The zero-order chi connectivity index (χ0) is 13.7. The van der Waals surface area contributed by atoms with Crippen LogP contribution in [-0.4, -0.2) is 22.8 Å². The Labute approximate surface area is 111 Å². The molecule has 2 bridgehead atoms. The molecule has 0 radical (unpaired) electrons. The summed E-state index contributed by atoms with van der Waals surface area (Å²) < 4.78 is 0. The van der Waals surface area contributed by atoms with Crippen LogP contribution in [0.25, 0.3) is 0 Å². The molecule has 0 aromatic carbocycles. The van der Waals surface area contributed by atoms with Gasteiger partial charge in [0.05, 0.1) is 0 Å². The van der Waals surface area contributed by atoms with Crippen molar-refractivity contribution in [2.45, 2.75) is 59.0 Å². The Bertz CT molecular complexity index is 407. The SMILES string of the molecule is C=C1CC2(CC(C)C)CC(=C)N(C(C)C)C1C2=O. The first-order valence-corrected chi connectivity index (χ1v) is 6.96. The molecule has 2 heteroatoms. The molecular formula is C16H25NO. The first-order valence-electron chi connectivity index (χ1n) is 6.96. The highest BCUT2D eigenvalue weighted by Crippen LogP contribution is 2.53. The van der Waals surface area contributed by atoms with E-state index in [0.29, 0.717) is 17.7 Å². The summed E-state index contributed by atoms with van der Waals surface area (Å²) in [6.45, 7) is 17.0. The smallest absolute Gasteiger partial charge is 0.166 e. The lowest BCUT2D eigenvalue weighted by atomic mass is 9.72. The number of hydrogen-bond donors (Lipinski definition) is 0. The van der Waals surface area contributed by atoms with E-state index in [-0.39, 0.29) is 11.5 Å². The van der Waals surface area contributed by atoms with Gasteiger partial charge in [-0.1, -0.05) is 27.0 Å². The van der Waals surface area contributed by atoms with E-state index in [0.717, 1.165) is 30.5 Å². The lowest BCUT2D eigenvalue weighted by molar-refractivity contribution is -0.133. The number of piperidine rings is 1. The minimum atomic E-state index is -0.196. The fourth-order valence-electron chi connectivity index (χ4n) is 3.92. The lowest BCUT2D eigenvalue weighted by Crippen LogP contribution is -2.50. The Morgan fingerprint density at radius 3 is 2.39 bits per heavy atom. The van der Waals surface area contributed by atoms with Crippen LogP contribution in [-0.2, 0) is 4.79 Å². The number of carbonyl (C=O) groups is 1. The summed E-state index contributed by atoms with van der Waals surface area (Å²) in [5, 5.41) is 0. The molecule has 0 spiro atoms. The Morgan fingerprint density at radius 1 is 1.28 bits per heavy atom. The molecule has 0 amide bonds. The largest absolute Gasteiger partial charge is 0.359 e. The number of nitrogens with zero attached hydrogens (tertiary/aromatic N) is 1. The van der Waals surface area contributed by atoms with Gasteiger partial charge in [-0.05, 0) is 44.6 Å². The van der Waals surface area contributed by atoms with Crippen LogP contribution in [0.5, 0.6) is 0 Å². The molecule has 0 aromatic heterocycles. The van der Waals surface area contributed by atoms with Crippen LogP contribution < -0.4 is 0 Å². The summed E-state index contributed by atoms with van der Waals surface area (Å²) in [6, 6.07) is 0.211. The molecule has 0 N–H and O–H groups in total. The Balaban J connectivity index is 2.38. The zero-order valence-electron chi connectivity index (χ0n) is 12.1. The molecule has 1 saturated heterocycles. The Hall–Kier alpha value is -1.05. The van der Waals surface area contributed by atoms with Crippen LogP contribution in [0.2, 0.25) is 0 Å². The maximum absolute atomic E-state index is 12.8. The molecule has 1 aliphatic carbocycles. The molecule has 2 aliphatic rings. The van der Waals surface area contributed by atoms with E-state index in [2.05, 4.69) is 45.8 Å². The van der Waals surface area contributed by atoms with E-state index in [9.17, 15) is 4.79 Å². The number of fused-ring (bicyclic) bond motifs is 2. The molecule has 2 rings (SSSR count). The summed E-state index contributed by atoms with van der Waals surface area (Å²) in [5.41, 5.74) is 2.01. The van der Waals surface area contributed by atoms with Gasteiger partial charge in [-0.2, -0.15) is 0 Å². The van der Waals surface area contributed by atoms with Crippen LogP contribution in [0.1, 0.15) is 47.0 Å². The summed E-state index contributed by atoms with van der Waals surface area (Å²) in [7, 11) is 0. The van der Waals surface area contributed by atoms with Gasteiger partial charge in [-0.25, -0.2) is 0 Å². The number of hydrogen-bond acceptors (Lipinski definition) is 2. The van der Waals surface area contributed by atoms with Gasteiger partial charge < -0.3 is 4.90 Å². The minimum absolute atomic E-state index is 0.106. The van der Waals surface area contributed by atoms with Gasteiger partial charge in [-0.3, -0.25) is 4.79 Å². The molecule has 1 saturated carbocycles. The predicted octanol–water partition coefficient (Wildman–Crippen LogP) is 3.54. The third-order valence-corrected chi connectivity index (χ3v) is 4.26. The Kier molecular flexibility index (Phi) is 3.16. The molecule has 0 aromatic rings. The monoisotopic (exact) mass is 247 g/mol. The van der Waals surface area contributed by atoms with Crippen molar-refractivity contribution in [2.24, 2.45) is 11.3 Å². The summed E-state index contributed by atoms with van der Waals surface area (Å²) in [6.07, 6.45) is 2.64. The fourth-order valence-corrected chi connectivity index (χ4v) is 3.92. The lowest BCUT2D eigenvalue weighted by Gasteiger charge is -2.43. The van der Waals surface area contributed by atoms with Crippen molar-refractivity contribution in [1.82, 2.24) is 4.90 Å². The van der Waals surface area contributed by atoms with Crippen molar-refractivity contribution in [3.8, 4) is 0 Å². The molecule has 2 unspecified atom stereocenters. The van der Waals surface area contributed by atoms with Gasteiger partial charge in [0, 0.05) is 17.2 Å². The van der Waals surface area contributed by atoms with Gasteiger partial charge in [0.25, 0.3) is 0 Å². The van der Waals surface area contributed by atoms with Crippen molar-refractivity contribution in [3.05, 3.63) is 24.4 Å². The Morgan fingerprint density at radius 2 is 1.89 bits per heavy atom. The second kappa shape index (κ2) is 4.25. The van der Waals surface area contributed by atoms with E-state index in [4.69, 9.17) is 0 Å². The van der Waals surface area contributed by atoms with E-state index in [1.807, 2.05) is 0 Å². The maximum Gasteiger partial charge on any atom is 0.166 e. The van der Waals surface area contributed by atoms with E-state index in [1.54, 1.807) is 0 Å². The highest BCUT2D eigenvalue weighted by Gasteiger charge is 2.56. The molecule has 2 atom stereocenters. The zero-order valence-corrected chi connectivity index (χ0v) is 12.1. The summed E-state index contributed by atoms with van der Waals surface area (Å²) in [5.74, 6) is 0.932. The van der Waals surface area contributed by atoms with Crippen molar-refractivity contribution in [2.75, 3.05) is 0 Å². The van der Waals surface area contributed by atoms with E-state index >= 15 is 0 Å². The van der Waals surface area contributed by atoms with Crippen molar-refractivity contribution >= 4 is 5.78 Å². The molecular weight excluding hydrogens is 222 g/mol. The van der Waals surface area contributed by atoms with Crippen LogP contribution in [0.3, 0.4) is 0 Å². The number of Topliss-reactive ketones (excluding diaryl/α,β-unsaturated/α-hetero) is 1. The molecule has 2 fully saturated rings. The maximum atomic E-state index is 12.8. The number of rotatable bonds is 3. The van der Waals surface area contributed by atoms with Gasteiger partial charge in [0.15, 0.2) is 5.78 Å². The second-order valence-corrected chi connectivity index (χ2v) is 6.72. The molecule has 100 valence electrons. The molecule has 2 nitrogen and oxygen atoms in total. The van der Waals surface area contributed by atoms with Crippen molar-refractivity contribution in [1.29, 1.82) is 0 Å². The highest BCUT2D eigenvalue weighted by atomic mass is 16.1. The topological polar surface area (TPSA) is 20.3 Å². The fraction of sp³-hybridized carbons (Fsp3) is 0.688. The minimum Gasteiger partial charge on any atom is -0.359 e. The normalized spacial score (nSPS) is 32.0. The number of likely N-dealkylation sites (tertiary alicyclic amines) is 1. The molecule has 1 aliphatic heterocycles. The van der Waals surface area contributed by atoms with E-state index < -0.39 is 0 Å². The quantitative estimate of drug-likeness (QED) is 0.711. The van der Waals surface area contributed by atoms with Gasteiger partial charge in [-0.15, -0.1) is 0 Å². The number of carbonyl (C=O) groups excluding carboxylic acids is 1. The van der Waals surface area contributed by atoms with Crippen LogP contribution >= 0.6 is 0 Å². The third kappa shape index (κ3) is 1.82. The summed E-state index contributed by atoms with van der Waals surface area (Å²) in [4.78, 5) is 14.9. The number of ketones is 1. The van der Waals surface area contributed by atoms with Gasteiger partial charge in [0.1, 0.15) is 6.04 Å². The summed E-state index contributed by atoms with van der Waals surface area (Å²) >= 11 is 0.